The Hall–Kier alpha value is -2.24. The highest BCUT2D eigenvalue weighted by Crippen LogP contribution is 2.27. The highest BCUT2D eigenvalue weighted by Gasteiger charge is 2.08. The van der Waals surface area contributed by atoms with Crippen LogP contribution in [0, 0.1) is 0 Å². The lowest BCUT2D eigenvalue weighted by atomic mass is 10.2. The molecule has 6 nitrogen and oxygen atoms in total. The molecule has 0 fully saturated rings. The zero-order valence-electron chi connectivity index (χ0n) is 10.3. The van der Waals surface area contributed by atoms with E-state index < -0.39 is 5.97 Å². The summed E-state index contributed by atoms with van der Waals surface area (Å²) in [6.45, 7) is 1.85. The van der Waals surface area contributed by atoms with Crippen LogP contribution < -0.4 is 9.47 Å². The number of rotatable bonds is 6. The summed E-state index contributed by atoms with van der Waals surface area (Å²) in [5.74, 6) is 0.415. The van der Waals surface area contributed by atoms with E-state index in [0.29, 0.717) is 23.7 Å². The monoisotopic (exact) mass is 253 g/mol. The molecule has 1 aromatic carbocycles. The molecule has 0 aromatic heterocycles. The van der Waals surface area contributed by atoms with Gasteiger partial charge in [0.1, 0.15) is 0 Å². The molecule has 98 valence electrons. The van der Waals surface area contributed by atoms with E-state index in [1.165, 1.54) is 13.3 Å². The molecule has 0 bridgehead atoms. The number of oxime groups is 1. The molecule has 0 aliphatic carbocycles. The van der Waals surface area contributed by atoms with Crippen molar-refractivity contribution in [2.75, 3.05) is 20.3 Å². The molecule has 0 saturated heterocycles. The van der Waals surface area contributed by atoms with Crippen LogP contribution in [0.2, 0.25) is 0 Å². The highest BCUT2D eigenvalue weighted by molar-refractivity contribution is 5.80. The fourth-order valence-corrected chi connectivity index (χ4v) is 1.29. The third kappa shape index (κ3) is 3.97. The molecule has 0 atom stereocenters. The Kier molecular flexibility index (Phi) is 5.50. The van der Waals surface area contributed by atoms with Crippen LogP contribution in [0.3, 0.4) is 0 Å². The SMILES string of the molecule is CCOC(=O)COc1ccc(C=NO)cc1OC. The van der Waals surface area contributed by atoms with Crippen molar-refractivity contribution in [3.05, 3.63) is 23.8 Å². The largest absolute Gasteiger partial charge is 0.493 e. The van der Waals surface area contributed by atoms with Gasteiger partial charge in [-0.05, 0) is 25.1 Å². The number of hydrogen-bond acceptors (Lipinski definition) is 6. The van der Waals surface area contributed by atoms with Gasteiger partial charge in [0.25, 0.3) is 0 Å². The van der Waals surface area contributed by atoms with E-state index in [0.717, 1.165) is 0 Å². The Morgan fingerprint density at radius 3 is 2.83 bits per heavy atom. The quantitative estimate of drug-likeness (QED) is 0.359. The minimum atomic E-state index is -0.444. The Labute approximate surface area is 105 Å². The maximum atomic E-state index is 11.1. The number of benzene rings is 1. The lowest BCUT2D eigenvalue weighted by Gasteiger charge is -2.10. The summed E-state index contributed by atoms with van der Waals surface area (Å²) in [6.07, 6.45) is 1.26. The number of hydrogen-bond donors (Lipinski definition) is 1. The van der Waals surface area contributed by atoms with Crippen LogP contribution in [0.1, 0.15) is 12.5 Å². The smallest absolute Gasteiger partial charge is 0.344 e. The second kappa shape index (κ2) is 7.16. The molecule has 1 N–H and O–H groups in total. The lowest BCUT2D eigenvalue weighted by molar-refractivity contribution is -0.145. The summed E-state index contributed by atoms with van der Waals surface area (Å²) in [6, 6.07) is 4.91. The Balaban J connectivity index is 2.73. The molecule has 0 heterocycles. The van der Waals surface area contributed by atoms with Crippen LogP contribution in [-0.4, -0.2) is 37.7 Å². The lowest BCUT2D eigenvalue weighted by Crippen LogP contribution is -2.14. The predicted octanol–water partition coefficient (Wildman–Crippen LogP) is 1.45. The molecule has 0 radical (unpaired) electrons. The molecule has 0 amide bonds. The van der Waals surface area contributed by atoms with E-state index in [1.807, 2.05) is 0 Å². The molecule has 18 heavy (non-hydrogen) atoms. The van der Waals surface area contributed by atoms with Crippen molar-refractivity contribution in [2.45, 2.75) is 6.92 Å². The van der Waals surface area contributed by atoms with E-state index in [-0.39, 0.29) is 6.61 Å². The average Bonchev–Trinajstić information content (AvgIpc) is 2.37. The van der Waals surface area contributed by atoms with Crippen LogP contribution in [-0.2, 0) is 9.53 Å². The maximum absolute atomic E-state index is 11.1. The van der Waals surface area contributed by atoms with Crippen molar-refractivity contribution < 1.29 is 24.2 Å². The van der Waals surface area contributed by atoms with Crippen molar-refractivity contribution in [3.63, 3.8) is 0 Å². The Bertz CT molecular complexity index is 430. The topological polar surface area (TPSA) is 77.4 Å². The van der Waals surface area contributed by atoms with Gasteiger partial charge in [-0.1, -0.05) is 5.16 Å². The minimum absolute atomic E-state index is 0.183. The van der Waals surface area contributed by atoms with Crippen molar-refractivity contribution in [1.82, 2.24) is 0 Å². The number of methoxy groups -OCH3 is 1. The number of carbonyl (C=O) groups excluding carboxylic acids is 1. The van der Waals surface area contributed by atoms with Gasteiger partial charge in [-0.15, -0.1) is 0 Å². The molecular weight excluding hydrogens is 238 g/mol. The molecular formula is C12H15NO5. The summed E-state index contributed by atoms with van der Waals surface area (Å²) < 4.78 is 15.1. The van der Waals surface area contributed by atoms with Crippen LogP contribution in [0.15, 0.2) is 23.4 Å². The van der Waals surface area contributed by atoms with E-state index in [2.05, 4.69) is 5.16 Å². The molecule has 1 aromatic rings. The van der Waals surface area contributed by atoms with Crippen molar-refractivity contribution in [1.29, 1.82) is 0 Å². The molecule has 6 heteroatoms. The van der Waals surface area contributed by atoms with Gasteiger partial charge in [0.05, 0.1) is 19.9 Å². The van der Waals surface area contributed by atoms with Gasteiger partial charge < -0.3 is 19.4 Å². The van der Waals surface area contributed by atoms with Gasteiger partial charge >= 0.3 is 5.97 Å². The van der Waals surface area contributed by atoms with Crippen LogP contribution in [0.25, 0.3) is 0 Å². The maximum Gasteiger partial charge on any atom is 0.344 e. The van der Waals surface area contributed by atoms with Crippen molar-refractivity contribution in [3.8, 4) is 11.5 Å². The molecule has 0 saturated carbocycles. The summed E-state index contributed by atoms with van der Waals surface area (Å²) >= 11 is 0. The van der Waals surface area contributed by atoms with Gasteiger partial charge in [0.15, 0.2) is 18.1 Å². The van der Waals surface area contributed by atoms with Gasteiger partial charge in [0.2, 0.25) is 0 Å². The Morgan fingerprint density at radius 2 is 2.22 bits per heavy atom. The summed E-state index contributed by atoms with van der Waals surface area (Å²) in [4.78, 5) is 11.1. The van der Waals surface area contributed by atoms with E-state index in [1.54, 1.807) is 25.1 Å². The first-order chi connectivity index (χ1) is 8.71. The Morgan fingerprint density at radius 1 is 1.44 bits per heavy atom. The normalized spacial score (nSPS) is 10.3. The van der Waals surface area contributed by atoms with E-state index in [9.17, 15) is 4.79 Å². The summed E-state index contributed by atoms with van der Waals surface area (Å²) in [5, 5.41) is 11.3. The first kappa shape index (κ1) is 13.8. The highest BCUT2D eigenvalue weighted by atomic mass is 16.6. The van der Waals surface area contributed by atoms with Gasteiger partial charge in [-0.25, -0.2) is 4.79 Å². The van der Waals surface area contributed by atoms with Gasteiger partial charge in [-0.2, -0.15) is 0 Å². The van der Waals surface area contributed by atoms with E-state index in [4.69, 9.17) is 19.4 Å². The molecule has 0 unspecified atom stereocenters. The predicted molar refractivity (Wildman–Crippen MR) is 64.5 cm³/mol. The number of nitrogens with zero attached hydrogens (tertiary/aromatic N) is 1. The van der Waals surface area contributed by atoms with E-state index >= 15 is 0 Å². The first-order valence-corrected chi connectivity index (χ1v) is 5.35. The fourth-order valence-electron chi connectivity index (χ4n) is 1.29. The standard InChI is InChI=1S/C12H15NO5/c1-3-17-12(14)8-18-10-5-4-9(7-13-15)6-11(10)16-2/h4-7,15H,3,8H2,1-2H3. The molecule has 0 spiro atoms. The zero-order chi connectivity index (χ0) is 13.4. The molecule has 0 aliphatic rings. The summed E-state index contributed by atoms with van der Waals surface area (Å²) in [7, 11) is 1.48. The second-order valence-corrected chi connectivity index (χ2v) is 3.25. The third-order valence-corrected chi connectivity index (χ3v) is 2.05. The van der Waals surface area contributed by atoms with Crippen LogP contribution in [0.4, 0.5) is 0 Å². The summed E-state index contributed by atoms with van der Waals surface area (Å²) in [5.41, 5.74) is 0.651. The third-order valence-electron chi connectivity index (χ3n) is 2.05. The van der Waals surface area contributed by atoms with Crippen LogP contribution >= 0.6 is 0 Å². The van der Waals surface area contributed by atoms with Crippen LogP contribution in [0.5, 0.6) is 11.5 Å². The van der Waals surface area contributed by atoms with Gasteiger partial charge in [-0.3, -0.25) is 0 Å². The van der Waals surface area contributed by atoms with Crippen molar-refractivity contribution in [2.24, 2.45) is 5.16 Å². The fraction of sp³-hybridized carbons (Fsp3) is 0.333. The van der Waals surface area contributed by atoms with Crippen molar-refractivity contribution >= 4 is 12.2 Å². The number of esters is 1. The number of carbonyl (C=O) groups is 1. The number of ether oxygens (including phenoxy) is 3. The van der Waals surface area contributed by atoms with Gasteiger partial charge in [0, 0.05) is 5.56 Å². The first-order valence-electron chi connectivity index (χ1n) is 5.35. The minimum Gasteiger partial charge on any atom is -0.493 e. The average molecular weight is 253 g/mol. The molecule has 0 aliphatic heterocycles. The zero-order valence-corrected chi connectivity index (χ0v) is 10.3. The second-order valence-electron chi connectivity index (χ2n) is 3.25. The molecule has 1 rings (SSSR count).